The van der Waals surface area contributed by atoms with E-state index >= 15 is 0 Å². The number of aryl methyl sites for hydroxylation is 1. The van der Waals surface area contributed by atoms with Crippen molar-refractivity contribution in [1.82, 2.24) is 19.9 Å². The van der Waals surface area contributed by atoms with Gasteiger partial charge in [-0.15, -0.1) is 0 Å². The lowest BCUT2D eigenvalue weighted by Crippen LogP contribution is -2.22. The molecule has 4 rings (SSSR count). The van der Waals surface area contributed by atoms with Gasteiger partial charge < -0.3 is 10.7 Å². The Kier molecular flexibility index (Phi) is 2.23. The number of aromatic amines is 1. The van der Waals surface area contributed by atoms with Crippen LogP contribution in [0.4, 0.5) is 0 Å². The number of nitrogens with one attached hydrogen (secondary N) is 1. The summed E-state index contributed by atoms with van der Waals surface area (Å²) in [6, 6.07) is 8.02. The maximum absolute atomic E-state index is 6.17. The minimum atomic E-state index is -0.301. The Morgan fingerprint density at radius 1 is 1.20 bits per heavy atom. The van der Waals surface area contributed by atoms with Crippen LogP contribution in [0.3, 0.4) is 0 Å². The third-order valence-electron chi connectivity index (χ3n) is 3.79. The maximum Gasteiger partial charge on any atom is 0.148 e. The minimum absolute atomic E-state index is 0.301. The van der Waals surface area contributed by atoms with Crippen molar-refractivity contribution >= 4 is 11.0 Å². The fourth-order valence-electron chi connectivity index (χ4n) is 2.41. The molecule has 2 heterocycles. The van der Waals surface area contributed by atoms with Gasteiger partial charge in [-0.2, -0.15) is 0 Å². The van der Waals surface area contributed by atoms with Crippen molar-refractivity contribution in [3.63, 3.8) is 0 Å². The van der Waals surface area contributed by atoms with E-state index in [0.29, 0.717) is 0 Å². The van der Waals surface area contributed by atoms with E-state index < -0.39 is 0 Å². The monoisotopic (exact) mass is 265 g/mol. The van der Waals surface area contributed by atoms with Crippen LogP contribution in [0.1, 0.15) is 24.5 Å². The third kappa shape index (κ3) is 1.78. The Morgan fingerprint density at radius 3 is 2.85 bits per heavy atom. The van der Waals surface area contributed by atoms with E-state index in [0.717, 1.165) is 46.8 Å². The lowest BCUT2D eigenvalue weighted by Gasteiger charge is -2.08. The third-order valence-corrected chi connectivity index (χ3v) is 3.79. The molecule has 1 aliphatic rings. The molecule has 100 valence electrons. The summed E-state index contributed by atoms with van der Waals surface area (Å²) >= 11 is 0. The van der Waals surface area contributed by atoms with Crippen molar-refractivity contribution in [1.29, 1.82) is 0 Å². The molecule has 0 spiro atoms. The van der Waals surface area contributed by atoms with Gasteiger partial charge in [-0.1, -0.05) is 6.07 Å². The van der Waals surface area contributed by atoms with Gasteiger partial charge in [-0.05, 0) is 38.0 Å². The van der Waals surface area contributed by atoms with Gasteiger partial charge in [0.1, 0.15) is 11.6 Å². The molecule has 20 heavy (non-hydrogen) atoms. The molecule has 1 aromatic carbocycles. The molecule has 2 aromatic heterocycles. The molecule has 3 N–H and O–H groups in total. The number of imidazole rings is 1. The number of aromatic nitrogens is 4. The largest absolute Gasteiger partial charge is 0.342 e. The summed E-state index contributed by atoms with van der Waals surface area (Å²) in [7, 11) is 0. The van der Waals surface area contributed by atoms with E-state index in [4.69, 9.17) is 5.73 Å². The molecule has 0 radical (unpaired) electrons. The number of rotatable bonds is 2. The summed E-state index contributed by atoms with van der Waals surface area (Å²) < 4.78 is 0. The average Bonchev–Trinajstić information content (AvgIpc) is 3.09. The zero-order valence-electron chi connectivity index (χ0n) is 11.2. The number of H-pyrrole nitrogens is 1. The van der Waals surface area contributed by atoms with Crippen LogP contribution in [-0.2, 0) is 5.54 Å². The molecule has 0 amide bonds. The minimum Gasteiger partial charge on any atom is -0.342 e. The van der Waals surface area contributed by atoms with Crippen molar-refractivity contribution in [2.24, 2.45) is 5.73 Å². The van der Waals surface area contributed by atoms with Crippen molar-refractivity contribution in [3.8, 4) is 11.3 Å². The predicted molar refractivity (Wildman–Crippen MR) is 77.0 cm³/mol. The predicted octanol–water partition coefficient (Wildman–Crippen LogP) is 2.28. The second-order valence-corrected chi connectivity index (χ2v) is 5.48. The van der Waals surface area contributed by atoms with E-state index in [9.17, 15) is 0 Å². The topological polar surface area (TPSA) is 80.5 Å². The van der Waals surface area contributed by atoms with E-state index in [1.54, 1.807) is 6.20 Å². The first-order valence-corrected chi connectivity index (χ1v) is 6.73. The van der Waals surface area contributed by atoms with Gasteiger partial charge >= 0.3 is 0 Å². The summed E-state index contributed by atoms with van der Waals surface area (Å²) in [4.78, 5) is 16.6. The molecule has 0 unspecified atom stereocenters. The van der Waals surface area contributed by atoms with Crippen LogP contribution in [0.25, 0.3) is 22.3 Å². The summed E-state index contributed by atoms with van der Waals surface area (Å²) in [5.41, 5.74) is 9.81. The number of benzene rings is 1. The van der Waals surface area contributed by atoms with E-state index in [-0.39, 0.29) is 5.54 Å². The number of fused-ring (bicyclic) bond motifs is 1. The summed E-state index contributed by atoms with van der Waals surface area (Å²) in [5.74, 6) is 1.66. The Bertz CT molecular complexity index is 801. The van der Waals surface area contributed by atoms with Crippen LogP contribution in [0, 0.1) is 6.92 Å². The molecular formula is C15H15N5. The van der Waals surface area contributed by atoms with Gasteiger partial charge in [0.2, 0.25) is 0 Å². The highest BCUT2D eigenvalue weighted by molar-refractivity contribution is 5.81. The molecule has 0 aliphatic heterocycles. The second kappa shape index (κ2) is 3.86. The lowest BCUT2D eigenvalue weighted by atomic mass is 10.1. The molecule has 5 heteroatoms. The first kappa shape index (κ1) is 11.5. The van der Waals surface area contributed by atoms with Crippen molar-refractivity contribution < 1.29 is 0 Å². The van der Waals surface area contributed by atoms with Crippen molar-refractivity contribution in [2.75, 3.05) is 0 Å². The summed E-state index contributed by atoms with van der Waals surface area (Å²) in [6.45, 7) is 1.95. The summed E-state index contributed by atoms with van der Waals surface area (Å²) in [5, 5.41) is 0. The average molecular weight is 265 g/mol. The van der Waals surface area contributed by atoms with Crippen molar-refractivity contribution in [2.45, 2.75) is 25.3 Å². The van der Waals surface area contributed by atoms with Crippen molar-refractivity contribution in [3.05, 3.63) is 42.1 Å². The summed E-state index contributed by atoms with van der Waals surface area (Å²) in [6.07, 6.45) is 3.72. The normalized spacial score (nSPS) is 16.5. The SMILES string of the molecule is Cc1nc2ccc(-c3ccnc(C4(N)CC4)n3)cc2[nH]1. The number of nitrogens with zero attached hydrogens (tertiary/aromatic N) is 3. The number of hydrogen-bond acceptors (Lipinski definition) is 4. The molecular weight excluding hydrogens is 250 g/mol. The highest BCUT2D eigenvalue weighted by Crippen LogP contribution is 2.41. The van der Waals surface area contributed by atoms with Gasteiger partial charge in [0.05, 0.1) is 22.3 Å². The van der Waals surface area contributed by atoms with Gasteiger partial charge in [0.15, 0.2) is 0 Å². The highest BCUT2D eigenvalue weighted by Gasteiger charge is 2.43. The number of nitrogens with two attached hydrogens (primary N) is 1. The zero-order chi connectivity index (χ0) is 13.7. The first-order valence-electron chi connectivity index (χ1n) is 6.73. The van der Waals surface area contributed by atoms with Gasteiger partial charge in [0.25, 0.3) is 0 Å². The Balaban J connectivity index is 1.81. The molecule has 1 aliphatic carbocycles. The fraction of sp³-hybridized carbons (Fsp3) is 0.267. The first-order chi connectivity index (χ1) is 9.64. The van der Waals surface area contributed by atoms with Crippen LogP contribution in [0.5, 0.6) is 0 Å². The Labute approximate surface area is 116 Å². The molecule has 3 aromatic rings. The Hall–Kier alpha value is -2.27. The molecule has 0 bridgehead atoms. The molecule has 1 saturated carbocycles. The second-order valence-electron chi connectivity index (χ2n) is 5.48. The quantitative estimate of drug-likeness (QED) is 0.745. The molecule has 1 fully saturated rings. The highest BCUT2D eigenvalue weighted by atomic mass is 15.0. The maximum atomic E-state index is 6.17. The molecule has 0 atom stereocenters. The Morgan fingerprint density at radius 2 is 2.05 bits per heavy atom. The zero-order valence-corrected chi connectivity index (χ0v) is 11.2. The standard InChI is InChI=1S/C15H15N5/c1-9-18-12-3-2-10(8-13(12)19-9)11-4-7-17-14(20-11)15(16)5-6-15/h2-4,7-8H,5-6,16H2,1H3,(H,18,19). The van der Waals surface area contributed by atoms with Crippen LogP contribution < -0.4 is 5.73 Å². The van der Waals surface area contributed by atoms with Crippen LogP contribution in [-0.4, -0.2) is 19.9 Å². The fourth-order valence-corrected chi connectivity index (χ4v) is 2.41. The number of hydrogen-bond donors (Lipinski definition) is 2. The van der Waals surface area contributed by atoms with Crippen LogP contribution >= 0.6 is 0 Å². The molecule has 5 nitrogen and oxygen atoms in total. The van der Waals surface area contributed by atoms with Gasteiger partial charge in [-0.25, -0.2) is 15.0 Å². The molecule has 0 saturated heterocycles. The van der Waals surface area contributed by atoms with Gasteiger partial charge in [0, 0.05) is 11.8 Å². The van der Waals surface area contributed by atoms with Gasteiger partial charge in [-0.3, -0.25) is 0 Å². The smallest absolute Gasteiger partial charge is 0.148 e. The van der Waals surface area contributed by atoms with E-state index in [1.165, 1.54) is 0 Å². The van der Waals surface area contributed by atoms with Crippen LogP contribution in [0.2, 0.25) is 0 Å². The van der Waals surface area contributed by atoms with E-state index in [2.05, 4.69) is 26.0 Å². The lowest BCUT2D eigenvalue weighted by molar-refractivity contribution is 0.673. The van der Waals surface area contributed by atoms with E-state index in [1.807, 2.05) is 25.1 Å². The van der Waals surface area contributed by atoms with Crippen LogP contribution in [0.15, 0.2) is 30.5 Å².